The Morgan fingerprint density at radius 3 is 2.89 bits per heavy atom. The van der Waals surface area contributed by atoms with Gasteiger partial charge in [0.2, 0.25) is 0 Å². The molecule has 1 heterocycles. The SMILES string of the molecule is NCC(NC(=O)c1ccncc1F)C1CCCC1. The third-order valence-corrected chi connectivity index (χ3v) is 3.56. The number of rotatable bonds is 4. The fourth-order valence-corrected chi connectivity index (χ4v) is 2.53. The Kier molecular flexibility index (Phi) is 4.25. The number of halogens is 1. The van der Waals surface area contributed by atoms with E-state index in [0.29, 0.717) is 12.5 Å². The molecule has 1 aliphatic carbocycles. The molecule has 1 amide bonds. The summed E-state index contributed by atoms with van der Waals surface area (Å²) >= 11 is 0. The maximum Gasteiger partial charge on any atom is 0.254 e. The number of hydrogen-bond acceptors (Lipinski definition) is 3. The van der Waals surface area contributed by atoms with Crippen LogP contribution in [0.25, 0.3) is 0 Å². The van der Waals surface area contributed by atoms with Crippen molar-refractivity contribution in [1.29, 1.82) is 0 Å². The molecule has 0 bridgehead atoms. The maximum absolute atomic E-state index is 13.4. The van der Waals surface area contributed by atoms with Gasteiger partial charge in [-0.2, -0.15) is 0 Å². The highest BCUT2D eigenvalue weighted by molar-refractivity contribution is 5.94. The lowest BCUT2D eigenvalue weighted by atomic mass is 9.98. The van der Waals surface area contributed by atoms with Crippen molar-refractivity contribution in [3.8, 4) is 0 Å². The summed E-state index contributed by atoms with van der Waals surface area (Å²) in [6.07, 6.45) is 6.98. The number of nitrogens with zero attached hydrogens (tertiary/aromatic N) is 1. The van der Waals surface area contributed by atoms with Crippen molar-refractivity contribution in [2.24, 2.45) is 11.7 Å². The second kappa shape index (κ2) is 5.91. The summed E-state index contributed by atoms with van der Waals surface area (Å²) in [4.78, 5) is 15.6. The molecular formula is C13H18FN3O. The molecule has 0 radical (unpaired) electrons. The first-order valence-electron chi connectivity index (χ1n) is 6.33. The van der Waals surface area contributed by atoms with Crippen molar-refractivity contribution >= 4 is 5.91 Å². The third kappa shape index (κ3) is 2.85. The van der Waals surface area contributed by atoms with Gasteiger partial charge in [0.1, 0.15) is 0 Å². The molecule has 0 aliphatic heterocycles. The zero-order valence-corrected chi connectivity index (χ0v) is 10.2. The van der Waals surface area contributed by atoms with Crippen LogP contribution in [0.3, 0.4) is 0 Å². The topological polar surface area (TPSA) is 68.0 Å². The molecule has 1 aromatic rings. The highest BCUT2D eigenvalue weighted by Crippen LogP contribution is 2.27. The summed E-state index contributed by atoms with van der Waals surface area (Å²) in [5.74, 6) is -0.585. The summed E-state index contributed by atoms with van der Waals surface area (Å²) < 4.78 is 13.4. The molecule has 2 rings (SSSR count). The lowest BCUT2D eigenvalue weighted by Gasteiger charge is -2.23. The van der Waals surface area contributed by atoms with Crippen LogP contribution in [0.5, 0.6) is 0 Å². The van der Waals surface area contributed by atoms with E-state index in [1.54, 1.807) is 0 Å². The van der Waals surface area contributed by atoms with Gasteiger partial charge in [-0.05, 0) is 24.8 Å². The monoisotopic (exact) mass is 251 g/mol. The van der Waals surface area contributed by atoms with Gasteiger partial charge in [-0.3, -0.25) is 9.78 Å². The molecule has 5 heteroatoms. The van der Waals surface area contributed by atoms with Crippen molar-refractivity contribution in [3.05, 3.63) is 29.8 Å². The molecule has 1 aromatic heterocycles. The van der Waals surface area contributed by atoms with Crippen LogP contribution >= 0.6 is 0 Å². The Labute approximate surface area is 106 Å². The number of pyridine rings is 1. The molecule has 1 unspecified atom stereocenters. The summed E-state index contributed by atoms with van der Waals surface area (Å²) in [6, 6.07) is 1.32. The van der Waals surface area contributed by atoms with Gasteiger partial charge in [-0.1, -0.05) is 12.8 Å². The second-order valence-electron chi connectivity index (χ2n) is 4.72. The molecule has 98 valence electrons. The molecule has 0 aromatic carbocycles. The quantitative estimate of drug-likeness (QED) is 0.851. The van der Waals surface area contributed by atoms with E-state index in [-0.39, 0.29) is 11.6 Å². The van der Waals surface area contributed by atoms with Gasteiger partial charge in [-0.15, -0.1) is 0 Å². The van der Waals surface area contributed by atoms with Crippen LogP contribution in [-0.4, -0.2) is 23.5 Å². The van der Waals surface area contributed by atoms with E-state index in [4.69, 9.17) is 5.73 Å². The molecule has 1 aliphatic rings. The van der Waals surface area contributed by atoms with E-state index in [9.17, 15) is 9.18 Å². The molecule has 0 saturated heterocycles. The Hall–Kier alpha value is -1.49. The third-order valence-electron chi connectivity index (χ3n) is 3.56. The summed E-state index contributed by atoms with van der Waals surface area (Å²) in [7, 11) is 0. The zero-order valence-electron chi connectivity index (χ0n) is 10.2. The van der Waals surface area contributed by atoms with Crippen LogP contribution in [0.4, 0.5) is 4.39 Å². The van der Waals surface area contributed by atoms with Gasteiger partial charge in [-0.25, -0.2) is 4.39 Å². The summed E-state index contributed by atoms with van der Waals surface area (Å²) in [5.41, 5.74) is 5.73. The predicted octanol–water partition coefficient (Wildman–Crippen LogP) is 1.47. The Bertz CT molecular complexity index is 418. The largest absolute Gasteiger partial charge is 0.348 e. The zero-order chi connectivity index (χ0) is 13.0. The molecule has 18 heavy (non-hydrogen) atoms. The Morgan fingerprint density at radius 2 is 2.28 bits per heavy atom. The second-order valence-corrected chi connectivity index (χ2v) is 4.72. The number of hydrogen-bond donors (Lipinski definition) is 2. The summed E-state index contributed by atoms with van der Waals surface area (Å²) in [6.45, 7) is 0.392. The van der Waals surface area contributed by atoms with Crippen molar-refractivity contribution in [1.82, 2.24) is 10.3 Å². The number of nitrogens with two attached hydrogens (primary N) is 1. The number of amides is 1. The smallest absolute Gasteiger partial charge is 0.254 e. The van der Waals surface area contributed by atoms with Gasteiger partial charge in [0.15, 0.2) is 5.82 Å². The molecule has 4 nitrogen and oxygen atoms in total. The average Bonchev–Trinajstić information content (AvgIpc) is 2.90. The minimum absolute atomic E-state index is 0.0291. The van der Waals surface area contributed by atoms with Crippen molar-refractivity contribution in [2.45, 2.75) is 31.7 Å². The van der Waals surface area contributed by atoms with E-state index in [2.05, 4.69) is 10.3 Å². The first-order chi connectivity index (χ1) is 8.72. The first-order valence-corrected chi connectivity index (χ1v) is 6.33. The van der Waals surface area contributed by atoms with E-state index in [0.717, 1.165) is 19.0 Å². The van der Waals surface area contributed by atoms with Crippen LogP contribution in [0.15, 0.2) is 18.5 Å². The van der Waals surface area contributed by atoms with E-state index >= 15 is 0 Å². The van der Waals surface area contributed by atoms with Crippen molar-refractivity contribution < 1.29 is 9.18 Å². The fourth-order valence-electron chi connectivity index (χ4n) is 2.53. The minimum atomic E-state index is -0.600. The molecule has 0 spiro atoms. The number of nitrogens with one attached hydrogen (secondary N) is 1. The fraction of sp³-hybridized carbons (Fsp3) is 0.538. The molecular weight excluding hydrogens is 233 g/mol. The van der Waals surface area contributed by atoms with Crippen LogP contribution in [-0.2, 0) is 0 Å². The number of carbonyl (C=O) groups is 1. The van der Waals surface area contributed by atoms with E-state index in [1.165, 1.54) is 25.1 Å². The van der Waals surface area contributed by atoms with E-state index < -0.39 is 11.7 Å². The highest BCUT2D eigenvalue weighted by Gasteiger charge is 2.26. The average molecular weight is 251 g/mol. The molecule has 1 fully saturated rings. The lowest BCUT2D eigenvalue weighted by molar-refractivity contribution is 0.0920. The van der Waals surface area contributed by atoms with Crippen LogP contribution in [0.1, 0.15) is 36.0 Å². The van der Waals surface area contributed by atoms with Crippen LogP contribution in [0.2, 0.25) is 0 Å². The van der Waals surface area contributed by atoms with Crippen molar-refractivity contribution in [2.75, 3.05) is 6.54 Å². The van der Waals surface area contributed by atoms with Crippen LogP contribution in [0, 0.1) is 11.7 Å². The number of aromatic nitrogens is 1. The minimum Gasteiger partial charge on any atom is -0.348 e. The Balaban J connectivity index is 2.03. The summed E-state index contributed by atoms with van der Waals surface area (Å²) in [5, 5.41) is 2.83. The van der Waals surface area contributed by atoms with Crippen molar-refractivity contribution in [3.63, 3.8) is 0 Å². The van der Waals surface area contributed by atoms with Crippen LogP contribution < -0.4 is 11.1 Å². The molecule has 1 atom stereocenters. The molecule has 3 N–H and O–H groups in total. The van der Waals surface area contributed by atoms with E-state index in [1.807, 2.05) is 0 Å². The normalized spacial score (nSPS) is 17.7. The molecule has 1 saturated carbocycles. The standard InChI is InChI=1S/C13H18FN3O/c14-11-8-16-6-5-10(11)13(18)17-12(7-15)9-3-1-2-4-9/h5-6,8-9,12H,1-4,7,15H2,(H,17,18). The van der Waals surface area contributed by atoms with Gasteiger partial charge in [0.25, 0.3) is 5.91 Å². The van der Waals surface area contributed by atoms with Gasteiger partial charge >= 0.3 is 0 Å². The maximum atomic E-state index is 13.4. The van der Waals surface area contributed by atoms with Gasteiger partial charge < -0.3 is 11.1 Å². The van der Waals surface area contributed by atoms with Gasteiger partial charge in [0.05, 0.1) is 11.8 Å². The highest BCUT2D eigenvalue weighted by atomic mass is 19.1. The first kappa shape index (κ1) is 13.0. The lowest BCUT2D eigenvalue weighted by Crippen LogP contribution is -2.44. The Morgan fingerprint density at radius 1 is 1.56 bits per heavy atom. The van der Waals surface area contributed by atoms with Gasteiger partial charge in [0, 0.05) is 18.8 Å². The number of carbonyl (C=O) groups excluding carboxylic acids is 1. The predicted molar refractivity (Wildman–Crippen MR) is 66.5 cm³/mol.